The maximum absolute atomic E-state index is 13.0. The van der Waals surface area contributed by atoms with Gasteiger partial charge in [0.25, 0.3) is 0 Å². The van der Waals surface area contributed by atoms with Gasteiger partial charge < -0.3 is 4.90 Å². The summed E-state index contributed by atoms with van der Waals surface area (Å²) >= 11 is 0. The van der Waals surface area contributed by atoms with Gasteiger partial charge in [-0.15, -0.1) is 0 Å². The highest BCUT2D eigenvalue weighted by Gasteiger charge is 2.50. The van der Waals surface area contributed by atoms with Gasteiger partial charge >= 0.3 is 0 Å². The number of carbonyl (C=O) groups excluding carboxylic acids is 1. The Bertz CT molecular complexity index is 536. The molecule has 1 saturated carbocycles. The van der Waals surface area contributed by atoms with E-state index in [-0.39, 0.29) is 12.1 Å². The third-order valence-corrected chi connectivity index (χ3v) is 5.35. The van der Waals surface area contributed by atoms with Crippen LogP contribution in [0, 0.1) is 6.92 Å². The molecule has 2 fully saturated rings. The summed E-state index contributed by atoms with van der Waals surface area (Å²) in [6.07, 6.45) is 5.66. The van der Waals surface area contributed by atoms with Gasteiger partial charge in [-0.3, -0.25) is 10.1 Å². The van der Waals surface area contributed by atoms with Crippen LogP contribution in [-0.4, -0.2) is 22.4 Å². The van der Waals surface area contributed by atoms with Gasteiger partial charge in [0.2, 0.25) is 5.91 Å². The predicted octanol–water partition coefficient (Wildman–Crippen LogP) is 3.54. The zero-order chi connectivity index (χ0) is 15.0. The van der Waals surface area contributed by atoms with Crippen molar-refractivity contribution in [1.29, 1.82) is 0 Å². The molecule has 1 amide bonds. The van der Waals surface area contributed by atoms with Crippen molar-refractivity contribution in [2.24, 2.45) is 0 Å². The molecule has 1 aromatic carbocycles. The molecule has 2 aliphatic rings. The van der Waals surface area contributed by atoms with Gasteiger partial charge in [-0.1, -0.05) is 44.0 Å². The summed E-state index contributed by atoms with van der Waals surface area (Å²) in [6.45, 7) is 6.28. The summed E-state index contributed by atoms with van der Waals surface area (Å²) < 4.78 is 0. The number of nitrogens with zero attached hydrogens (tertiary/aromatic N) is 1. The Labute approximate surface area is 127 Å². The normalized spacial score (nSPS) is 30.3. The number of amides is 1. The van der Waals surface area contributed by atoms with E-state index in [0.29, 0.717) is 6.04 Å². The van der Waals surface area contributed by atoms with Crippen molar-refractivity contribution < 1.29 is 4.79 Å². The molecule has 0 spiro atoms. The quantitative estimate of drug-likeness (QED) is 0.922. The molecule has 1 heterocycles. The minimum atomic E-state index is -0.421. The summed E-state index contributed by atoms with van der Waals surface area (Å²) in [5, 5.41) is 3.63. The van der Waals surface area contributed by atoms with Crippen LogP contribution in [-0.2, 0) is 4.79 Å². The van der Waals surface area contributed by atoms with Gasteiger partial charge in [0.05, 0.1) is 5.54 Å². The number of aryl methyl sites for hydroxylation is 1. The highest BCUT2D eigenvalue weighted by atomic mass is 16.2. The molecular weight excluding hydrogens is 260 g/mol. The average molecular weight is 286 g/mol. The van der Waals surface area contributed by atoms with E-state index >= 15 is 0 Å². The summed E-state index contributed by atoms with van der Waals surface area (Å²) in [5.74, 6) is 0.283. The van der Waals surface area contributed by atoms with Crippen molar-refractivity contribution in [1.82, 2.24) is 10.2 Å². The summed E-state index contributed by atoms with van der Waals surface area (Å²) in [4.78, 5) is 15.2. The number of nitrogens with one attached hydrogen (secondary N) is 1. The molecule has 3 nitrogen and oxygen atoms in total. The predicted molar refractivity (Wildman–Crippen MR) is 84.9 cm³/mol. The van der Waals surface area contributed by atoms with Gasteiger partial charge in [-0.25, -0.2) is 0 Å². The van der Waals surface area contributed by atoms with Crippen molar-refractivity contribution in [2.75, 3.05) is 0 Å². The van der Waals surface area contributed by atoms with Crippen LogP contribution in [0.1, 0.15) is 63.2 Å². The average Bonchev–Trinajstić information content (AvgIpc) is 3.08. The van der Waals surface area contributed by atoms with Gasteiger partial charge in [-0.2, -0.15) is 0 Å². The summed E-state index contributed by atoms with van der Waals surface area (Å²) in [7, 11) is 0. The molecule has 1 aromatic rings. The largest absolute Gasteiger partial charge is 0.318 e. The van der Waals surface area contributed by atoms with E-state index < -0.39 is 5.54 Å². The van der Waals surface area contributed by atoms with Gasteiger partial charge in [0, 0.05) is 6.04 Å². The third-order valence-electron chi connectivity index (χ3n) is 5.35. The van der Waals surface area contributed by atoms with Crippen molar-refractivity contribution in [3.63, 3.8) is 0 Å². The molecule has 1 N–H and O–H groups in total. The lowest BCUT2D eigenvalue weighted by atomic mass is 9.99. The molecule has 0 aromatic heterocycles. The summed E-state index contributed by atoms with van der Waals surface area (Å²) in [5.41, 5.74) is 2.08. The van der Waals surface area contributed by atoms with Crippen LogP contribution in [0.25, 0.3) is 0 Å². The molecule has 1 aliphatic heterocycles. The Kier molecular flexibility index (Phi) is 3.78. The second kappa shape index (κ2) is 5.45. The number of carbonyl (C=O) groups is 1. The second-order valence-electron chi connectivity index (χ2n) is 6.74. The first-order valence-corrected chi connectivity index (χ1v) is 8.23. The lowest BCUT2D eigenvalue weighted by molar-refractivity contribution is -0.135. The molecule has 114 valence electrons. The molecule has 0 bridgehead atoms. The first-order chi connectivity index (χ1) is 10.1. The molecule has 3 heteroatoms. The third kappa shape index (κ3) is 2.38. The lowest BCUT2D eigenvalue weighted by Crippen LogP contribution is -2.44. The zero-order valence-electron chi connectivity index (χ0n) is 13.4. The number of rotatable bonds is 3. The van der Waals surface area contributed by atoms with E-state index in [4.69, 9.17) is 0 Å². The van der Waals surface area contributed by atoms with E-state index in [0.717, 1.165) is 19.3 Å². The molecule has 2 unspecified atom stereocenters. The smallest absolute Gasteiger partial charge is 0.244 e. The molecule has 0 radical (unpaired) electrons. The van der Waals surface area contributed by atoms with Crippen molar-refractivity contribution in [3.05, 3.63) is 35.4 Å². The fraction of sp³-hybridized carbons (Fsp3) is 0.611. The Balaban J connectivity index is 2.00. The molecule has 21 heavy (non-hydrogen) atoms. The monoisotopic (exact) mass is 286 g/mol. The van der Waals surface area contributed by atoms with Crippen molar-refractivity contribution >= 4 is 5.91 Å². The first kappa shape index (κ1) is 14.6. The van der Waals surface area contributed by atoms with E-state index in [1.165, 1.54) is 24.0 Å². The van der Waals surface area contributed by atoms with Gasteiger partial charge in [0.15, 0.2) is 0 Å². The Morgan fingerprint density at radius 3 is 2.57 bits per heavy atom. The molecule has 2 atom stereocenters. The number of hydrogen-bond donors (Lipinski definition) is 1. The number of benzene rings is 1. The highest BCUT2D eigenvalue weighted by Crippen LogP contribution is 2.39. The zero-order valence-corrected chi connectivity index (χ0v) is 13.4. The summed E-state index contributed by atoms with van der Waals surface area (Å²) in [6, 6.07) is 8.83. The topological polar surface area (TPSA) is 32.3 Å². The first-order valence-electron chi connectivity index (χ1n) is 8.23. The molecular formula is C18H26N2O. The van der Waals surface area contributed by atoms with Crippen LogP contribution in [0.4, 0.5) is 0 Å². The molecule has 3 rings (SSSR count). The Hall–Kier alpha value is -1.35. The Morgan fingerprint density at radius 1 is 1.29 bits per heavy atom. The highest BCUT2D eigenvalue weighted by molar-refractivity contribution is 5.89. The standard InChI is InChI=1S/C18H26N2O/c1-4-18(3)17(21)20(14-10-6-7-11-14)16(19-18)15-12-8-5-9-13(15)2/h5,8-9,12,14,16,19H,4,6-7,10-11H2,1-3H3. The maximum Gasteiger partial charge on any atom is 0.244 e. The van der Waals surface area contributed by atoms with Gasteiger partial charge in [0.1, 0.15) is 6.17 Å². The second-order valence-corrected chi connectivity index (χ2v) is 6.74. The van der Waals surface area contributed by atoms with Crippen LogP contribution in [0.15, 0.2) is 24.3 Å². The minimum Gasteiger partial charge on any atom is -0.318 e. The molecule has 1 saturated heterocycles. The van der Waals surface area contributed by atoms with Crippen LogP contribution in [0.2, 0.25) is 0 Å². The maximum atomic E-state index is 13.0. The fourth-order valence-electron chi connectivity index (χ4n) is 3.77. The van der Waals surface area contributed by atoms with Crippen molar-refractivity contribution in [3.8, 4) is 0 Å². The van der Waals surface area contributed by atoms with Crippen LogP contribution in [0.5, 0.6) is 0 Å². The van der Waals surface area contributed by atoms with Crippen molar-refractivity contribution in [2.45, 2.75) is 70.6 Å². The number of hydrogen-bond acceptors (Lipinski definition) is 2. The lowest BCUT2D eigenvalue weighted by Gasteiger charge is -2.31. The Morgan fingerprint density at radius 2 is 1.95 bits per heavy atom. The van der Waals surface area contributed by atoms with E-state index in [9.17, 15) is 4.79 Å². The van der Waals surface area contributed by atoms with Crippen LogP contribution < -0.4 is 5.32 Å². The van der Waals surface area contributed by atoms with E-state index in [1.807, 2.05) is 0 Å². The van der Waals surface area contributed by atoms with Crippen LogP contribution in [0.3, 0.4) is 0 Å². The molecule has 1 aliphatic carbocycles. The van der Waals surface area contributed by atoms with Gasteiger partial charge in [-0.05, 0) is 44.2 Å². The van der Waals surface area contributed by atoms with E-state index in [1.54, 1.807) is 0 Å². The van der Waals surface area contributed by atoms with E-state index in [2.05, 4.69) is 55.3 Å². The minimum absolute atomic E-state index is 0.0340. The SMILES string of the molecule is CCC1(C)NC(c2ccccc2C)N(C2CCCC2)C1=O. The fourth-order valence-corrected chi connectivity index (χ4v) is 3.77. The van der Waals surface area contributed by atoms with Crippen LogP contribution >= 0.6 is 0 Å².